The highest BCUT2D eigenvalue weighted by Crippen LogP contribution is 2.21. The summed E-state index contributed by atoms with van der Waals surface area (Å²) in [5.74, 6) is 0.709. The Morgan fingerprint density at radius 3 is 2.79 bits per heavy atom. The van der Waals surface area contributed by atoms with Gasteiger partial charge in [-0.15, -0.1) is 0 Å². The van der Waals surface area contributed by atoms with Gasteiger partial charge in [-0.05, 0) is 30.2 Å². The quantitative estimate of drug-likeness (QED) is 0.737. The molecule has 0 aliphatic carbocycles. The normalized spacial score (nSPS) is 11.0. The lowest BCUT2D eigenvalue weighted by atomic mass is 10.1. The van der Waals surface area contributed by atoms with Gasteiger partial charge in [0.2, 0.25) is 0 Å². The molecule has 0 unspecified atom stereocenters. The van der Waals surface area contributed by atoms with Crippen molar-refractivity contribution in [2.75, 3.05) is 5.73 Å². The molecule has 0 fully saturated rings. The number of hydrogen-bond donors (Lipinski definition) is 1. The maximum absolute atomic E-state index is 5.92. The summed E-state index contributed by atoms with van der Waals surface area (Å²) in [5.41, 5.74) is 9.39. The number of fused-ring (bicyclic) bond motifs is 1. The van der Waals surface area contributed by atoms with Crippen molar-refractivity contribution in [3.8, 4) is 0 Å². The molecule has 0 aliphatic rings. The van der Waals surface area contributed by atoms with Gasteiger partial charge in [0.25, 0.3) is 0 Å². The highest BCUT2D eigenvalue weighted by molar-refractivity contribution is 6.31. The molecule has 0 bridgehead atoms. The van der Waals surface area contributed by atoms with Crippen molar-refractivity contribution < 1.29 is 4.42 Å². The predicted octanol–water partition coefficient (Wildman–Crippen LogP) is 3.85. The van der Waals surface area contributed by atoms with Crippen molar-refractivity contribution in [1.29, 1.82) is 0 Å². The van der Waals surface area contributed by atoms with Gasteiger partial charge < -0.3 is 10.2 Å². The lowest BCUT2D eigenvalue weighted by Gasteiger charge is -2.02. The number of nitrogens with zero attached hydrogens (tertiary/aromatic N) is 1. The molecule has 2 aromatic carbocycles. The Morgan fingerprint density at radius 1 is 1.11 bits per heavy atom. The first kappa shape index (κ1) is 12.1. The number of aryl methyl sites for hydroxylation is 2. The second-order valence-electron chi connectivity index (χ2n) is 4.42. The van der Waals surface area contributed by atoms with E-state index < -0.39 is 0 Å². The minimum atomic E-state index is 0.655. The zero-order valence-corrected chi connectivity index (χ0v) is 11.0. The zero-order chi connectivity index (χ0) is 13.2. The maximum atomic E-state index is 5.92. The van der Waals surface area contributed by atoms with Gasteiger partial charge >= 0.3 is 0 Å². The monoisotopic (exact) mass is 272 g/mol. The molecular formula is C15H13ClN2O. The van der Waals surface area contributed by atoms with E-state index in [2.05, 4.69) is 4.98 Å². The second-order valence-corrected chi connectivity index (χ2v) is 4.85. The highest BCUT2D eigenvalue weighted by Gasteiger charge is 2.07. The largest absolute Gasteiger partial charge is 0.441 e. The van der Waals surface area contributed by atoms with Crippen LogP contribution in [0.1, 0.15) is 11.5 Å². The fourth-order valence-electron chi connectivity index (χ4n) is 2.06. The van der Waals surface area contributed by atoms with Crippen molar-refractivity contribution in [2.45, 2.75) is 12.8 Å². The fraction of sp³-hybridized carbons (Fsp3) is 0.133. The van der Waals surface area contributed by atoms with E-state index in [9.17, 15) is 0 Å². The van der Waals surface area contributed by atoms with E-state index in [-0.39, 0.29) is 0 Å². The lowest BCUT2D eigenvalue weighted by Crippen LogP contribution is -1.96. The van der Waals surface area contributed by atoms with Gasteiger partial charge in [-0.3, -0.25) is 0 Å². The first-order valence-electron chi connectivity index (χ1n) is 6.11. The van der Waals surface area contributed by atoms with Crippen molar-refractivity contribution in [2.24, 2.45) is 0 Å². The van der Waals surface area contributed by atoms with E-state index in [4.69, 9.17) is 21.8 Å². The van der Waals surface area contributed by atoms with Gasteiger partial charge in [0.1, 0.15) is 5.52 Å². The van der Waals surface area contributed by atoms with Crippen molar-refractivity contribution in [3.05, 3.63) is 58.9 Å². The van der Waals surface area contributed by atoms with E-state index in [0.717, 1.165) is 35.2 Å². The molecule has 3 nitrogen and oxygen atoms in total. The predicted molar refractivity (Wildman–Crippen MR) is 77.3 cm³/mol. The van der Waals surface area contributed by atoms with E-state index >= 15 is 0 Å². The van der Waals surface area contributed by atoms with Crippen LogP contribution in [0.3, 0.4) is 0 Å². The Hall–Kier alpha value is -2.00. The molecule has 0 amide bonds. The molecule has 2 N–H and O–H groups in total. The number of oxazole rings is 1. The van der Waals surface area contributed by atoms with Crippen LogP contribution in [-0.2, 0) is 12.8 Å². The van der Waals surface area contributed by atoms with Crippen LogP contribution in [-0.4, -0.2) is 4.98 Å². The molecule has 96 valence electrons. The van der Waals surface area contributed by atoms with Crippen LogP contribution in [0.15, 0.2) is 46.9 Å². The van der Waals surface area contributed by atoms with Crippen molar-refractivity contribution in [3.63, 3.8) is 0 Å². The molecule has 4 heteroatoms. The molecule has 19 heavy (non-hydrogen) atoms. The van der Waals surface area contributed by atoms with Gasteiger partial charge in [-0.2, -0.15) is 0 Å². The third kappa shape index (κ3) is 2.56. The van der Waals surface area contributed by atoms with Gasteiger partial charge in [-0.25, -0.2) is 4.98 Å². The van der Waals surface area contributed by atoms with Gasteiger partial charge in [0.15, 0.2) is 11.5 Å². The van der Waals surface area contributed by atoms with Gasteiger partial charge in [0.05, 0.1) is 0 Å². The average Bonchev–Trinajstić information content (AvgIpc) is 2.79. The number of aromatic nitrogens is 1. The Kier molecular flexibility index (Phi) is 3.13. The third-order valence-electron chi connectivity index (χ3n) is 3.06. The third-order valence-corrected chi connectivity index (χ3v) is 3.29. The lowest BCUT2D eigenvalue weighted by molar-refractivity contribution is 0.528. The molecule has 0 aliphatic heterocycles. The number of anilines is 1. The molecule has 0 saturated heterocycles. The molecule has 0 spiro atoms. The Bertz CT molecular complexity index is 721. The summed E-state index contributed by atoms with van der Waals surface area (Å²) in [6.07, 6.45) is 1.54. The Morgan fingerprint density at radius 2 is 1.95 bits per heavy atom. The number of rotatable bonds is 3. The first-order chi connectivity index (χ1) is 9.22. The van der Waals surface area contributed by atoms with E-state index in [1.165, 1.54) is 0 Å². The number of halogens is 1. The van der Waals surface area contributed by atoms with Gasteiger partial charge in [0, 0.05) is 23.2 Å². The average molecular weight is 273 g/mol. The topological polar surface area (TPSA) is 52.0 Å². The molecule has 1 aromatic heterocycles. The minimum Gasteiger partial charge on any atom is -0.441 e. The zero-order valence-electron chi connectivity index (χ0n) is 10.3. The molecule has 3 rings (SSSR count). The summed E-state index contributed by atoms with van der Waals surface area (Å²) in [7, 11) is 0. The van der Waals surface area contributed by atoms with Crippen LogP contribution in [0.4, 0.5) is 5.69 Å². The SMILES string of the molecule is Nc1ccccc1CCc1nc2ccc(Cl)cc2o1. The van der Waals surface area contributed by atoms with E-state index in [1.54, 1.807) is 6.07 Å². The maximum Gasteiger partial charge on any atom is 0.195 e. The van der Waals surface area contributed by atoms with Crippen LogP contribution in [0, 0.1) is 0 Å². The summed E-state index contributed by atoms with van der Waals surface area (Å²) in [6.45, 7) is 0. The van der Waals surface area contributed by atoms with Crippen LogP contribution in [0.2, 0.25) is 5.02 Å². The van der Waals surface area contributed by atoms with Crippen LogP contribution < -0.4 is 5.73 Å². The van der Waals surface area contributed by atoms with Crippen LogP contribution in [0.25, 0.3) is 11.1 Å². The van der Waals surface area contributed by atoms with Crippen LogP contribution in [0.5, 0.6) is 0 Å². The van der Waals surface area contributed by atoms with Crippen molar-refractivity contribution >= 4 is 28.4 Å². The smallest absolute Gasteiger partial charge is 0.195 e. The number of nitrogen functional groups attached to an aromatic ring is 1. The minimum absolute atomic E-state index is 0.655. The van der Waals surface area contributed by atoms with Crippen molar-refractivity contribution in [1.82, 2.24) is 4.98 Å². The number of hydrogen-bond acceptors (Lipinski definition) is 3. The van der Waals surface area contributed by atoms with E-state index in [1.807, 2.05) is 36.4 Å². The summed E-state index contributed by atoms with van der Waals surface area (Å²) in [4.78, 5) is 4.43. The Labute approximate surface area is 116 Å². The number of benzene rings is 2. The molecular weight excluding hydrogens is 260 g/mol. The summed E-state index contributed by atoms with van der Waals surface area (Å²) in [5, 5.41) is 0.655. The summed E-state index contributed by atoms with van der Waals surface area (Å²) < 4.78 is 5.67. The standard InChI is InChI=1S/C15H13ClN2O/c16-11-6-7-13-14(9-11)19-15(18-13)8-5-10-3-1-2-4-12(10)17/h1-4,6-7,9H,5,8,17H2. The van der Waals surface area contributed by atoms with Gasteiger partial charge in [-0.1, -0.05) is 29.8 Å². The summed E-state index contributed by atoms with van der Waals surface area (Å²) in [6, 6.07) is 13.3. The molecule has 3 aromatic rings. The van der Waals surface area contributed by atoms with E-state index in [0.29, 0.717) is 10.9 Å². The second kappa shape index (κ2) is 4.94. The Balaban J connectivity index is 1.80. The summed E-state index contributed by atoms with van der Waals surface area (Å²) >= 11 is 5.92. The molecule has 1 heterocycles. The first-order valence-corrected chi connectivity index (χ1v) is 6.48. The molecule has 0 atom stereocenters. The highest BCUT2D eigenvalue weighted by atomic mass is 35.5. The fourth-order valence-corrected chi connectivity index (χ4v) is 2.22. The molecule has 0 saturated carbocycles. The number of nitrogens with two attached hydrogens (primary N) is 1. The van der Waals surface area contributed by atoms with Crippen LogP contribution >= 0.6 is 11.6 Å². The number of para-hydroxylation sites is 1. The molecule has 0 radical (unpaired) electrons.